The SMILES string of the molecule is CC1(C)c2cc(-c3ccccc3)ccc2-c2ccc(N(c3ccc(-c4cccc([Si](C)(C)C)c4)cc3)c3ccc(-c4ccc5c(c4)c4ccccc4p5-c4ccccc4)cc3)cc21. The summed E-state index contributed by atoms with van der Waals surface area (Å²) in [5.74, 6) is 0. The molecule has 1 aromatic heterocycles. The van der Waals surface area contributed by atoms with E-state index in [9.17, 15) is 0 Å². The summed E-state index contributed by atoms with van der Waals surface area (Å²) in [5, 5.41) is 8.49. The number of nitrogens with zero attached hydrogens (tertiary/aromatic N) is 1. The summed E-state index contributed by atoms with van der Waals surface area (Å²) in [6.07, 6.45) is 0. The second-order valence-corrected chi connectivity index (χ2v) is 25.9. The van der Waals surface area contributed by atoms with Crippen LogP contribution in [0.3, 0.4) is 0 Å². The summed E-state index contributed by atoms with van der Waals surface area (Å²) in [6.45, 7) is 12.0. The van der Waals surface area contributed by atoms with Gasteiger partial charge in [0, 0.05) is 32.7 Å². The van der Waals surface area contributed by atoms with Gasteiger partial charge in [-0.05, 0) is 126 Å². The molecular weight excluding hydrogens is 794 g/mol. The van der Waals surface area contributed by atoms with E-state index in [0.29, 0.717) is 0 Å². The highest BCUT2D eigenvalue weighted by Crippen LogP contribution is 2.56. The van der Waals surface area contributed by atoms with Crippen LogP contribution in [0, 0.1) is 0 Å². The Hall–Kier alpha value is -6.70. The van der Waals surface area contributed by atoms with Gasteiger partial charge in [0.25, 0.3) is 0 Å². The lowest BCUT2D eigenvalue weighted by Crippen LogP contribution is -2.37. The molecule has 0 saturated carbocycles. The predicted octanol–water partition coefficient (Wildman–Crippen LogP) is 17.3. The van der Waals surface area contributed by atoms with Crippen LogP contribution in [0.15, 0.2) is 212 Å². The molecule has 0 fully saturated rings. The molecule has 10 aromatic rings. The lowest BCUT2D eigenvalue weighted by molar-refractivity contribution is 0.660. The smallest absolute Gasteiger partial charge is 0.0776 e. The molecule has 304 valence electrons. The molecule has 9 aromatic carbocycles. The van der Waals surface area contributed by atoms with E-state index in [2.05, 4.69) is 251 Å². The van der Waals surface area contributed by atoms with Gasteiger partial charge in [-0.25, -0.2) is 0 Å². The Kier molecular flexibility index (Phi) is 9.50. The number of benzene rings is 9. The van der Waals surface area contributed by atoms with Crippen LogP contribution < -0.4 is 10.1 Å². The molecule has 1 heterocycles. The maximum absolute atomic E-state index is 2.44. The van der Waals surface area contributed by atoms with E-state index in [1.54, 1.807) is 0 Å². The minimum absolute atomic E-state index is 0.167. The van der Waals surface area contributed by atoms with Crippen molar-refractivity contribution in [2.45, 2.75) is 38.9 Å². The van der Waals surface area contributed by atoms with Gasteiger partial charge in [0.2, 0.25) is 0 Å². The Balaban J connectivity index is 0.997. The normalized spacial score (nSPS) is 13.3. The first-order valence-electron chi connectivity index (χ1n) is 22.2. The lowest BCUT2D eigenvalue weighted by atomic mass is 9.81. The Labute approximate surface area is 374 Å². The molecule has 1 aliphatic carbocycles. The number of fused-ring (bicyclic) bond motifs is 6. The summed E-state index contributed by atoms with van der Waals surface area (Å²) in [7, 11) is -2.04. The number of hydrogen-bond acceptors (Lipinski definition) is 1. The average Bonchev–Trinajstić information content (AvgIpc) is 3.77. The van der Waals surface area contributed by atoms with E-state index in [1.807, 2.05) is 0 Å². The second-order valence-electron chi connectivity index (χ2n) is 18.7. The third kappa shape index (κ3) is 6.86. The largest absolute Gasteiger partial charge is 0.310 e. The van der Waals surface area contributed by atoms with Gasteiger partial charge >= 0.3 is 0 Å². The van der Waals surface area contributed by atoms with E-state index in [-0.39, 0.29) is 5.41 Å². The van der Waals surface area contributed by atoms with Crippen molar-refractivity contribution in [2.75, 3.05) is 4.90 Å². The average molecular weight is 844 g/mol. The van der Waals surface area contributed by atoms with Crippen LogP contribution in [-0.4, -0.2) is 8.07 Å². The van der Waals surface area contributed by atoms with Gasteiger partial charge in [-0.1, -0.05) is 204 Å². The van der Waals surface area contributed by atoms with Crippen molar-refractivity contribution in [1.29, 1.82) is 0 Å². The monoisotopic (exact) mass is 843 g/mol. The molecule has 1 aliphatic rings. The minimum atomic E-state index is -1.45. The molecule has 0 amide bonds. The maximum Gasteiger partial charge on any atom is 0.0776 e. The van der Waals surface area contributed by atoms with Gasteiger partial charge in [0.1, 0.15) is 0 Å². The van der Waals surface area contributed by atoms with E-state index >= 15 is 0 Å². The maximum atomic E-state index is 2.44. The summed E-state index contributed by atoms with van der Waals surface area (Å²) < 4.78 is 0. The molecule has 0 spiro atoms. The summed E-state index contributed by atoms with van der Waals surface area (Å²) in [4.78, 5) is 2.44. The molecule has 1 unspecified atom stereocenters. The highest BCUT2D eigenvalue weighted by Gasteiger charge is 2.36. The number of rotatable bonds is 8. The zero-order chi connectivity index (χ0) is 42.9. The van der Waals surface area contributed by atoms with Gasteiger partial charge in [-0.3, -0.25) is 0 Å². The van der Waals surface area contributed by atoms with Crippen LogP contribution in [0.4, 0.5) is 17.1 Å². The molecule has 63 heavy (non-hydrogen) atoms. The number of hydrogen-bond donors (Lipinski definition) is 0. The topological polar surface area (TPSA) is 3.24 Å². The van der Waals surface area contributed by atoms with Crippen LogP contribution in [-0.2, 0) is 5.41 Å². The van der Waals surface area contributed by atoms with Crippen molar-refractivity contribution >= 4 is 58.9 Å². The molecule has 3 heteroatoms. The molecule has 0 saturated heterocycles. The quantitative estimate of drug-likeness (QED) is 0.138. The fraction of sp³-hybridized carbons (Fsp3) is 0.100. The van der Waals surface area contributed by atoms with E-state index in [4.69, 9.17) is 0 Å². The van der Waals surface area contributed by atoms with Crippen LogP contribution in [0.25, 0.3) is 70.8 Å². The van der Waals surface area contributed by atoms with E-state index < -0.39 is 15.6 Å². The fourth-order valence-electron chi connectivity index (χ4n) is 9.90. The van der Waals surface area contributed by atoms with Crippen molar-refractivity contribution in [2.24, 2.45) is 0 Å². The summed E-state index contributed by atoms with van der Waals surface area (Å²) in [5.41, 5.74) is 16.1. The summed E-state index contributed by atoms with van der Waals surface area (Å²) in [6, 6.07) is 79.6. The van der Waals surface area contributed by atoms with Gasteiger partial charge in [0.15, 0.2) is 0 Å². The van der Waals surface area contributed by atoms with Crippen molar-refractivity contribution in [1.82, 2.24) is 0 Å². The molecule has 11 rings (SSSR count). The molecule has 0 radical (unpaired) electrons. The van der Waals surface area contributed by atoms with Crippen LogP contribution in [0.5, 0.6) is 0 Å². The third-order valence-electron chi connectivity index (χ3n) is 13.4. The Morgan fingerprint density at radius 2 is 0.873 bits per heavy atom. The Morgan fingerprint density at radius 1 is 0.381 bits per heavy atom. The number of anilines is 3. The van der Waals surface area contributed by atoms with Crippen LogP contribution >= 0.6 is 7.53 Å². The lowest BCUT2D eigenvalue weighted by Gasteiger charge is -2.28. The summed E-state index contributed by atoms with van der Waals surface area (Å²) >= 11 is 0. The van der Waals surface area contributed by atoms with E-state index in [1.165, 1.54) is 87.1 Å². The Bertz CT molecular complexity index is 3320. The molecule has 0 aliphatic heterocycles. The second kappa shape index (κ2) is 15.3. The van der Waals surface area contributed by atoms with Crippen LogP contribution in [0.1, 0.15) is 25.0 Å². The van der Waals surface area contributed by atoms with Gasteiger partial charge in [-0.15, -0.1) is 0 Å². The predicted molar refractivity (Wildman–Crippen MR) is 277 cm³/mol. The molecular formula is C60H50NPSi. The van der Waals surface area contributed by atoms with E-state index in [0.717, 1.165) is 17.1 Å². The van der Waals surface area contributed by atoms with Crippen molar-refractivity contribution in [3.63, 3.8) is 0 Å². The molecule has 0 N–H and O–H groups in total. The van der Waals surface area contributed by atoms with Crippen molar-refractivity contribution in [3.8, 4) is 49.8 Å². The molecule has 1 nitrogen and oxygen atoms in total. The minimum Gasteiger partial charge on any atom is -0.310 e. The molecule has 1 atom stereocenters. The highest BCUT2D eigenvalue weighted by atomic mass is 31.1. The van der Waals surface area contributed by atoms with Crippen LogP contribution in [0.2, 0.25) is 19.6 Å². The zero-order valence-corrected chi connectivity index (χ0v) is 38.5. The van der Waals surface area contributed by atoms with Crippen molar-refractivity contribution in [3.05, 3.63) is 223 Å². The first kappa shape index (κ1) is 39.2. The Morgan fingerprint density at radius 3 is 1.56 bits per heavy atom. The first-order chi connectivity index (χ1) is 30.6. The standard InChI is InChI=1S/C60H50NPSi/c1-60(2)56-39-46(41-15-8-6-9-16-41)27-34-52(56)53-35-33-49(40-57(53)60)61(47-29-23-42(24-30-47)44-17-14-20-51(37-44)63(3,4)5)48-31-25-43(26-32-48)45-28-36-59-55(38-45)54-21-12-13-22-58(54)62(59)50-18-10-7-11-19-50/h6-40H,1-5H3. The molecule has 0 bridgehead atoms. The zero-order valence-electron chi connectivity index (χ0n) is 36.6. The fourth-order valence-corrected chi connectivity index (χ4v) is 13.7. The van der Waals surface area contributed by atoms with Crippen molar-refractivity contribution < 1.29 is 0 Å². The third-order valence-corrected chi connectivity index (χ3v) is 18.0. The first-order valence-corrected chi connectivity index (χ1v) is 27.0. The van der Waals surface area contributed by atoms with Gasteiger partial charge < -0.3 is 4.90 Å². The highest BCUT2D eigenvalue weighted by molar-refractivity contribution is 7.67. The van der Waals surface area contributed by atoms with Gasteiger partial charge in [-0.2, -0.15) is 0 Å². The van der Waals surface area contributed by atoms with Gasteiger partial charge in [0.05, 0.1) is 8.07 Å².